The van der Waals surface area contributed by atoms with Gasteiger partial charge in [-0.15, -0.1) is 0 Å². The van der Waals surface area contributed by atoms with E-state index in [1.807, 2.05) is 0 Å². The standard InChI is InChI=1S/C11H13N3O4/c1-7-8(14(17)18)3-4-9(12-7)13-11(10(15)16)5-2-6-11/h3-4H,2,5-6H2,1H3,(H,12,13)(H,15,16). The maximum atomic E-state index is 11.2. The lowest BCUT2D eigenvalue weighted by Crippen LogP contribution is -2.52. The monoisotopic (exact) mass is 251 g/mol. The number of nitro groups is 1. The van der Waals surface area contributed by atoms with Crippen LogP contribution in [0.2, 0.25) is 0 Å². The van der Waals surface area contributed by atoms with Crippen molar-refractivity contribution in [3.8, 4) is 0 Å². The summed E-state index contributed by atoms with van der Waals surface area (Å²) in [5, 5.41) is 22.7. The van der Waals surface area contributed by atoms with E-state index in [-0.39, 0.29) is 11.4 Å². The Balaban J connectivity index is 2.23. The van der Waals surface area contributed by atoms with E-state index in [4.69, 9.17) is 5.11 Å². The Labute approximate surface area is 103 Å². The number of nitrogens with one attached hydrogen (secondary N) is 1. The zero-order valence-corrected chi connectivity index (χ0v) is 9.84. The van der Waals surface area contributed by atoms with Gasteiger partial charge in [-0.3, -0.25) is 10.1 Å². The number of hydrogen-bond acceptors (Lipinski definition) is 5. The molecule has 0 amide bonds. The van der Waals surface area contributed by atoms with Crippen LogP contribution < -0.4 is 5.32 Å². The Morgan fingerprint density at radius 1 is 1.56 bits per heavy atom. The second-order valence-corrected chi connectivity index (χ2v) is 4.42. The lowest BCUT2D eigenvalue weighted by atomic mass is 9.77. The van der Waals surface area contributed by atoms with Gasteiger partial charge in [0.2, 0.25) is 0 Å². The predicted molar refractivity (Wildman–Crippen MR) is 63.5 cm³/mol. The summed E-state index contributed by atoms with van der Waals surface area (Å²) in [4.78, 5) is 25.3. The van der Waals surface area contributed by atoms with Gasteiger partial charge in [-0.25, -0.2) is 9.78 Å². The van der Waals surface area contributed by atoms with E-state index in [0.29, 0.717) is 18.7 Å². The van der Waals surface area contributed by atoms with Crippen molar-refractivity contribution in [1.82, 2.24) is 4.98 Å². The molecule has 0 bridgehead atoms. The van der Waals surface area contributed by atoms with Gasteiger partial charge in [0.15, 0.2) is 0 Å². The molecule has 0 radical (unpaired) electrons. The van der Waals surface area contributed by atoms with Crippen LogP contribution >= 0.6 is 0 Å². The summed E-state index contributed by atoms with van der Waals surface area (Å²) in [5.74, 6) is -0.549. The lowest BCUT2D eigenvalue weighted by molar-refractivity contribution is -0.385. The minimum atomic E-state index is -0.963. The average molecular weight is 251 g/mol. The number of aliphatic carboxylic acids is 1. The van der Waals surface area contributed by atoms with Gasteiger partial charge in [0.1, 0.15) is 17.1 Å². The number of nitrogens with zero attached hydrogens (tertiary/aromatic N) is 2. The van der Waals surface area contributed by atoms with Crippen LogP contribution in [0.5, 0.6) is 0 Å². The third kappa shape index (κ3) is 1.99. The molecule has 1 aromatic heterocycles. The molecule has 0 atom stereocenters. The first kappa shape index (κ1) is 12.3. The van der Waals surface area contributed by atoms with Crippen LogP contribution in [0, 0.1) is 17.0 Å². The normalized spacial score (nSPS) is 16.7. The molecule has 1 saturated carbocycles. The van der Waals surface area contributed by atoms with Gasteiger partial charge in [-0.05, 0) is 32.3 Å². The molecule has 0 saturated heterocycles. The Morgan fingerprint density at radius 2 is 2.22 bits per heavy atom. The van der Waals surface area contributed by atoms with Gasteiger partial charge in [-0.2, -0.15) is 0 Å². The number of pyridine rings is 1. The molecule has 1 aromatic rings. The largest absolute Gasteiger partial charge is 0.480 e. The molecule has 1 aliphatic rings. The Bertz CT molecular complexity index is 511. The Hall–Kier alpha value is -2.18. The fourth-order valence-corrected chi connectivity index (χ4v) is 1.98. The van der Waals surface area contributed by atoms with Crippen molar-refractivity contribution in [3.05, 3.63) is 27.9 Å². The number of rotatable bonds is 4. The smallest absolute Gasteiger partial charge is 0.329 e. The van der Waals surface area contributed by atoms with Crippen LogP contribution in [0.4, 0.5) is 11.5 Å². The highest BCUT2D eigenvalue weighted by Crippen LogP contribution is 2.35. The molecule has 7 nitrogen and oxygen atoms in total. The van der Waals surface area contributed by atoms with Crippen LogP contribution in [0.15, 0.2) is 12.1 Å². The number of carboxylic acid groups (broad SMARTS) is 1. The molecular weight excluding hydrogens is 238 g/mol. The number of carboxylic acids is 1. The van der Waals surface area contributed by atoms with Crippen molar-refractivity contribution in [2.45, 2.75) is 31.7 Å². The van der Waals surface area contributed by atoms with E-state index >= 15 is 0 Å². The van der Waals surface area contributed by atoms with Crippen LogP contribution in [-0.2, 0) is 4.79 Å². The first-order valence-electron chi connectivity index (χ1n) is 5.58. The van der Waals surface area contributed by atoms with Gasteiger partial charge >= 0.3 is 5.97 Å². The van der Waals surface area contributed by atoms with E-state index in [1.165, 1.54) is 19.1 Å². The van der Waals surface area contributed by atoms with Gasteiger partial charge in [0, 0.05) is 6.07 Å². The molecule has 0 spiro atoms. The summed E-state index contributed by atoms with van der Waals surface area (Å²) in [7, 11) is 0. The highest BCUT2D eigenvalue weighted by Gasteiger charge is 2.44. The van der Waals surface area contributed by atoms with Gasteiger partial charge in [0.05, 0.1) is 4.92 Å². The van der Waals surface area contributed by atoms with Gasteiger partial charge in [0.25, 0.3) is 5.69 Å². The average Bonchev–Trinajstić information content (AvgIpc) is 2.22. The summed E-state index contributed by atoms with van der Waals surface area (Å²) in [6.07, 6.45) is 1.94. The molecule has 0 aliphatic heterocycles. The Morgan fingerprint density at radius 3 is 2.61 bits per heavy atom. The van der Waals surface area contributed by atoms with Gasteiger partial charge in [-0.1, -0.05) is 0 Å². The summed E-state index contributed by atoms with van der Waals surface area (Å²) in [6.45, 7) is 1.53. The quantitative estimate of drug-likeness (QED) is 0.623. The molecule has 1 fully saturated rings. The third-order valence-electron chi connectivity index (χ3n) is 3.24. The topological polar surface area (TPSA) is 105 Å². The van der Waals surface area contributed by atoms with Crippen molar-refractivity contribution in [3.63, 3.8) is 0 Å². The van der Waals surface area contributed by atoms with Crippen molar-refractivity contribution in [2.24, 2.45) is 0 Å². The predicted octanol–water partition coefficient (Wildman–Crippen LogP) is 1.72. The highest BCUT2D eigenvalue weighted by atomic mass is 16.6. The van der Waals surface area contributed by atoms with Crippen molar-refractivity contribution in [1.29, 1.82) is 0 Å². The number of hydrogen-bond donors (Lipinski definition) is 2. The number of aromatic nitrogens is 1. The van der Waals surface area contributed by atoms with Crippen LogP contribution in [-0.4, -0.2) is 26.5 Å². The first-order valence-corrected chi connectivity index (χ1v) is 5.58. The second-order valence-electron chi connectivity index (χ2n) is 4.42. The van der Waals surface area contributed by atoms with E-state index in [2.05, 4.69) is 10.3 Å². The molecule has 1 aliphatic carbocycles. The zero-order chi connectivity index (χ0) is 13.3. The van der Waals surface area contributed by atoms with Gasteiger partial charge < -0.3 is 10.4 Å². The maximum absolute atomic E-state index is 11.2. The molecule has 7 heteroatoms. The summed E-state index contributed by atoms with van der Waals surface area (Å²) in [5.41, 5.74) is -0.765. The van der Waals surface area contributed by atoms with Crippen molar-refractivity contribution < 1.29 is 14.8 Å². The fourth-order valence-electron chi connectivity index (χ4n) is 1.98. The summed E-state index contributed by atoms with van der Waals surface area (Å²) >= 11 is 0. The number of anilines is 1. The minimum Gasteiger partial charge on any atom is -0.480 e. The SMILES string of the molecule is Cc1nc(NC2(C(=O)O)CCC2)ccc1[N+](=O)[O-]. The van der Waals surface area contributed by atoms with Crippen LogP contribution in [0.1, 0.15) is 25.0 Å². The third-order valence-corrected chi connectivity index (χ3v) is 3.24. The minimum absolute atomic E-state index is 0.0708. The molecule has 18 heavy (non-hydrogen) atoms. The molecular formula is C11H13N3O4. The van der Waals surface area contributed by atoms with Crippen LogP contribution in [0.25, 0.3) is 0 Å². The number of carbonyl (C=O) groups is 1. The summed E-state index contributed by atoms with van der Waals surface area (Å²) in [6, 6.07) is 2.77. The first-order chi connectivity index (χ1) is 8.44. The Kier molecular flexibility index (Phi) is 2.90. The zero-order valence-electron chi connectivity index (χ0n) is 9.84. The molecule has 96 valence electrons. The molecule has 1 heterocycles. The van der Waals surface area contributed by atoms with E-state index in [0.717, 1.165) is 6.42 Å². The lowest BCUT2D eigenvalue weighted by Gasteiger charge is -2.38. The molecule has 2 rings (SSSR count). The van der Waals surface area contributed by atoms with E-state index in [9.17, 15) is 14.9 Å². The summed E-state index contributed by atoms with van der Waals surface area (Å²) < 4.78 is 0. The maximum Gasteiger partial charge on any atom is 0.329 e. The van der Waals surface area contributed by atoms with Crippen molar-refractivity contribution in [2.75, 3.05) is 5.32 Å². The van der Waals surface area contributed by atoms with E-state index < -0.39 is 16.4 Å². The molecule has 2 N–H and O–H groups in total. The highest BCUT2D eigenvalue weighted by molar-refractivity contribution is 5.83. The molecule has 0 aromatic carbocycles. The fraction of sp³-hybridized carbons (Fsp3) is 0.455. The molecule has 0 unspecified atom stereocenters. The van der Waals surface area contributed by atoms with E-state index in [1.54, 1.807) is 0 Å². The second kappa shape index (κ2) is 4.25. The van der Waals surface area contributed by atoms with Crippen molar-refractivity contribution >= 4 is 17.5 Å². The number of aryl methyl sites for hydroxylation is 1. The van der Waals surface area contributed by atoms with Crippen LogP contribution in [0.3, 0.4) is 0 Å².